The molecule has 3 N–H and O–H groups in total. The van der Waals surface area contributed by atoms with Crippen molar-refractivity contribution in [1.82, 2.24) is 4.31 Å². The normalized spacial score (nSPS) is 13.1. The molecule has 0 aliphatic rings. The Labute approximate surface area is 114 Å². The summed E-state index contributed by atoms with van der Waals surface area (Å²) in [7, 11) is -1.94. The summed E-state index contributed by atoms with van der Waals surface area (Å²) in [5, 5.41) is 11.3. The number of hydrogen-bond acceptors (Lipinski definition) is 6. The van der Waals surface area contributed by atoms with E-state index in [1.807, 2.05) is 0 Å². The highest BCUT2D eigenvalue weighted by Crippen LogP contribution is 2.03. The van der Waals surface area contributed by atoms with Crippen LogP contribution in [0.1, 0.15) is 13.3 Å². The standard InChI is InChI=1S/C10H23N3O5S/c1-3-18-8-9-19(15,16)13(6-7-17-2)5-4-10(11)12-14/h14H,3-9H2,1-2H3,(H2,11,12). The van der Waals surface area contributed by atoms with E-state index in [0.29, 0.717) is 6.61 Å². The molecule has 0 saturated carbocycles. The van der Waals surface area contributed by atoms with Gasteiger partial charge in [0, 0.05) is 33.2 Å². The van der Waals surface area contributed by atoms with Crippen molar-refractivity contribution in [2.45, 2.75) is 13.3 Å². The summed E-state index contributed by atoms with van der Waals surface area (Å²) in [5.41, 5.74) is 5.34. The second kappa shape index (κ2) is 9.96. The fraction of sp³-hybridized carbons (Fsp3) is 0.900. The zero-order valence-corrected chi connectivity index (χ0v) is 12.2. The molecule has 0 aliphatic carbocycles. The number of methoxy groups -OCH3 is 1. The number of sulfonamides is 1. The Kier molecular flexibility index (Phi) is 9.48. The van der Waals surface area contributed by atoms with E-state index in [4.69, 9.17) is 20.4 Å². The minimum atomic E-state index is -3.43. The summed E-state index contributed by atoms with van der Waals surface area (Å²) in [6.07, 6.45) is 0.161. The lowest BCUT2D eigenvalue weighted by Crippen LogP contribution is -2.38. The summed E-state index contributed by atoms with van der Waals surface area (Å²) >= 11 is 0. The van der Waals surface area contributed by atoms with Gasteiger partial charge in [0.05, 0.1) is 19.0 Å². The van der Waals surface area contributed by atoms with Crippen molar-refractivity contribution in [1.29, 1.82) is 0 Å². The summed E-state index contributed by atoms with van der Waals surface area (Å²) in [5.74, 6) is -0.108. The molecule has 0 unspecified atom stereocenters. The van der Waals surface area contributed by atoms with Crippen molar-refractivity contribution in [2.75, 3.05) is 45.8 Å². The number of nitrogens with zero attached hydrogens (tertiary/aromatic N) is 2. The number of oxime groups is 1. The van der Waals surface area contributed by atoms with Gasteiger partial charge in [0.1, 0.15) is 5.84 Å². The van der Waals surface area contributed by atoms with E-state index in [0.717, 1.165) is 0 Å². The highest BCUT2D eigenvalue weighted by molar-refractivity contribution is 7.89. The molecule has 0 bridgehead atoms. The Morgan fingerprint density at radius 3 is 2.58 bits per heavy atom. The molecule has 19 heavy (non-hydrogen) atoms. The molecule has 114 valence electrons. The molecule has 0 aromatic rings. The Morgan fingerprint density at radius 1 is 1.37 bits per heavy atom. The van der Waals surface area contributed by atoms with Gasteiger partial charge in [-0.25, -0.2) is 8.42 Å². The van der Waals surface area contributed by atoms with Crippen LogP contribution in [0.5, 0.6) is 0 Å². The van der Waals surface area contributed by atoms with E-state index in [-0.39, 0.29) is 44.3 Å². The number of nitrogens with two attached hydrogens (primary N) is 1. The van der Waals surface area contributed by atoms with Gasteiger partial charge in [-0.3, -0.25) is 0 Å². The van der Waals surface area contributed by atoms with Gasteiger partial charge in [-0.2, -0.15) is 4.31 Å². The van der Waals surface area contributed by atoms with E-state index in [1.165, 1.54) is 11.4 Å². The average Bonchev–Trinajstić information content (AvgIpc) is 2.38. The molecule has 0 heterocycles. The first kappa shape index (κ1) is 18.1. The highest BCUT2D eigenvalue weighted by atomic mass is 32.2. The summed E-state index contributed by atoms with van der Waals surface area (Å²) in [6.45, 7) is 3.07. The molecule has 0 spiro atoms. The van der Waals surface area contributed by atoms with Crippen LogP contribution in [0, 0.1) is 0 Å². The Morgan fingerprint density at radius 2 is 2.05 bits per heavy atom. The van der Waals surface area contributed by atoms with E-state index < -0.39 is 10.0 Å². The maximum atomic E-state index is 12.1. The van der Waals surface area contributed by atoms with Gasteiger partial charge in [0.2, 0.25) is 10.0 Å². The maximum absolute atomic E-state index is 12.1. The number of rotatable bonds is 11. The third kappa shape index (κ3) is 7.98. The van der Waals surface area contributed by atoms with Gasteiger partial charge >= 0.3 is 0 Å². The van der Waals surface area contributed by atoms with Crippen LogP contribution in [0.2, 0.25) is 0 Å². The first-order valence-electron chi connectivity index (χ1n) is 5.98. The van der Waals surface area contributed by atoms with Crippen molar-refractivity contribution in [2.24, 2.45) is 10.9 Å². The van der Waals surface area contributed by atoms with Crippen LogP contribution in [0.25, 0.3) is 0 Å². The predicted octanol–water partition coefficient (Wildman–Crippen LogP) is -0.562. The van der Waals surface area contributed by atoms with Gasteiger partial charge in [-0.15, -0.1) is 0 Å². The lowest BCUT2D eigenvalue weighted by atomic mass is 10.4. The molecule has 9 heteroatoms. The lowest BCUT2D eigenvalue weighted by molar-refractivity contribution is 0.160. The topological polar surface area (TPSA) is 114 Å². The molecule has 0 aromatic heterocycles. The summed E-state index contributed by atoms with van der Waals surface area (Å²) in [6, 6.07) is 0. The van der Waals surface area contributed by atoms with Gasteiger partial charge in [-0.05, 0) is 6.92 Å². The van der Waals surface area contributed by atoms with Crippen LogP contribution in [0.4, 0.5) is 0 Å². The van der Waals surface area contributed by atoms with Crippen LogP contribution in [-0.2, 0) is 19.5 Å². The van der Waals surface area contributed by atoms with Crippen molar-refractivity contribution < 1.29 is 23.1 Å². The van der Waals surface area contributed by atoms with E-state index in [2.05, 4.69) is 5.16 Å². The van der Waals surface area contributed by atoms with Gasteiger partial charge < -0.3 is 20.4 Å². The second-order valence-electron chi connectivity index (χ2n) is 3.75. The zero-order chi connectivity index (χ0) is 14.7. The number of ether oxygens (including phenoxy) is 2. The summed E-state index contributed by atoms with van der Waals surface area (Å²) in [4.78, 5) is 0. The summed E-state index contributed by atoms with van der Waals surface area (Å²) < 4.78 is 35.3. The first-order valence-corrected chi connectivity index (χ1v) is 7.59. The quantitative estimate of drug-likeness (QED) is 0.174. The van der Waals surface area contributed by atoms with Crippen molar-refractivity contribution in [3.8, 4) is 0 Å². The second-order valence-corrected chi connectivity index (χ2v) is 5.83. The highest BCUT2D eigenvalue weighted by Gasteiger charge is 2.21. The fourth-order valence-electron chi connectivity index (χ4n) is 1.31. The van der Waals surface area contributed by atoms with E-state index in [9.17, 15) is 8.42 Å². The molecular weight excluding hydrogens is 274 g/mol. The Hall–Kier alpha value is -0.900. The fourth-order valence-corrected chi connectivity index (χ4v) is 2.62. The molecule has 0 amide bonds. The number of hydrogen-bond donors (Lipinski definition) is 2. The molecule has 0 aliphatic heterocycles. The first-order chi connectivity index (χ1) is 8.97. The minimum Gasteiger partial charge on any atom is -0.409 e. The minimum absolute atomic E-state index is 0.0116. The van der Waals surface area contributed by atoms with Crippen LogP contribution < -0.4 is 5.73 Å². The molecule has 0 aromatic carbocycles. The van der Waals surface area contributed by atoms with Gasteiger partial charge in [-0.1, -0.05) is 5.16 Å². The third-order valence-corrected chi connectivity index (χ3v) is 4.21. The van der Waals surface area contributed by atoms with Crippen LogP contribution in [0.3, 0.4) is 0 Å². The average molecular weight is 297 g/mol. The Bertz CT molecular complexity index is 358. The van der Waals surface area contributed by atoms with Crippen LogP contribution in [-0.4, -0.2) is 69.5 Å². The number of amidine groups is 1. The maximum Gasteiger partial charge on any atom is 0.216 e. The van der Waals surface area contributed by atoms with E-state index in [1.54, 1.807) is 6.92 Å². The molecule has 0 fully saturated rings. The molecule has 0 atom stereocenters. The largest absolute Gasteiger partial charge is 0.409 e. The Balaban J connectivity index is 4.52. The molecule has 0 radical (unpaired) electrons. The van der Waals surface area contributed by atoms with Gasteiger partial charge in [0.25, 0.3) is 0 Å². The molecular formula is C10H23N3O5S. The van der Waals surface area contributed by atoms with Crippen LogP contribution in [0.15, 0.2) is 5.16 Å². The van der Waals surface area contributed by atoms with E-state index >= 15 is 0 Å². The molecule has 0 rings (SSSR count). The SMILES string of the molecule is CCOCCS(=O)(=O)N(CCOC)CCC(N)=NO. The van der Waals surface area contributed by atoms with Crippen molar-refractivity contribution >= 4 is 15.9 Å². The van der Waals surface area contributed by atoms with Crippen LogP contribution >= 0.6 is 0 Å². The molecule has 8 nitrogen and oxygen atoms in total. The lowest BCUT2D eigenvalue weighted by Gasteiger charge is -2.21. The molecule has 0 saturated heterocycles. The third-order valence-electron chi connectivity index (χ3n) is 2.37. The van der Waals surface area contributed by atoms with Crippen molar-refractivity contribution in [3.05, 3.63) is 0 Å². The monoisotopic (exact) mass is 297 g/mol. The smallest absolute Gasteiger partial charge is 0.216 e. The van der Waals surface area contributed by atoms with Crippen molar-refractivity contribution in [3.63, 3.8) is 0 Å². The predicted molar refractivity (Wildman–Crippen MR) is 71.8 cm³/mol. The zero-order valence-electron chi connectivity index (χ0n) is 11.4. The van der Waals surface area contributed by atoms with Gasteiger partial charge in [0.15, 0.2) is 0 Å².